The van der Waals surface area contributed by atoms with Crippen LogP contribution in [0.2, 0.25) is 5.02 Å². The SMILES string of the molecule is CCNC(=NCC(=O)NC(C)(C)C)NCCCc1ccc(Cl)cc1. The molecule has 134 valence electrons. The largest absolute Gasteiger partial charge is 0.357 e. The summed E-state index contributed by atoms with van der Waals surface area (Å²) in [6, 6.07) is 7.89. The molecule has 0 unspecified atom stereocenters. The Balaban J connectivity index is 2.37. The van der Waals surface area contributed by atoms with Crippen LogP contribution < -0.4 is 16.0 Å². The van der Waals surface area contributed by atoms with Gasteiger partial charge in [-0.3, -0.25) is 4.79 Å². The van der Waals surface area contributed by atoms with E-state index in [2.05, 4.69) is 20.9 Å². The molecule has 0 aromatic heterocycles. The molecule has 0 heterocycles. The zero-order valence-electron chi connectivity index (χ0n) is 15.1. The Labute approximate surface area is 150 Å². The van der Waals surface area contributed by atoms with Crippen LogP contribution in [0, 0.1) is 0 Å². The van der Waals surface area contributed by atoms with Crippen molar-refractivity contribution in [3.8, 4) is 0 Å². The molecule has 1 aromatic carbocycles. The lowest BCUT2D eigenvalue weighted by atomic mass is 10.1. The summed E-state index contributed by atoms with van der Waals surface area (Å²) in [5, 5.41) is 10.1. The van der Waals surface area contributed by atoms with Crippen molar-refractivity contribution in [2.75, 3.05) is 19.6 Å². The number of carbonyl (C=O) groups excluding carboxylic acids is 1. The lowest BCUT2D eigenvalue weighted by Crippen LogP contribution is -2.43. The average Bonchev–Trinajstić information content (AvgIpc) is 2.49. The lowest BCUT2D eigenvalue weighted by Gasteiger charge is -2.20. The van der Waals surface area contributed by atoms with Crippen molar-refractivity contribution in [1.82, 2.24) is 16.0 Å². The van der Waals surface area contributed by atoms with E-state index in [4.69, 9.17) is 11.6 Å². The molecule has 0 fully saturated rings. The molecule has 1 aromatic rings. The van der Waals surface area contributed by atoms with Crippen LogP contribution in [0.5, 0.6) is 0 Å². The summed E-state index contributed by atoms with van der Waals surface area (Å²) < 4.78 is 0. The summed E-state index contributed by atoms with van der Waals surface area (Å²) in [6.45, 7) is 9.52. The fourth-order valence-corrected chi connectivity index (χ4v) is 2.23. The molecule has 0 aliphatic carbocycles. The van der Waals surface area contributed by atoms with E-state index in [1.165, 1.54) is 5.56 Å². The molecule has 24 heavy (non-hydrogen) atoms. The Kier molecular flexibility index (Phi) is 8.61. The molecule has 0 aliphatic heterocycles. The maximum Gasteiger partial charge on any atom is 0.242 e. The summed E-state index contributed by atoms with van der Waals surface area (Å²) in [5.41, 5.74) is 1.02. The minimum atomic E-state index is -0.239. The summed E-state index contributed by atoms with van der Waals surface area (Å²) in [6.07, 6.45) is 1.94. The quantitative estimate of drug-likeness (QED) is 0.401. The molecule has 3 N–H and O–H groups in total. The molecule has 0 atom stereocenters. The zero-order valence-corrected chi connectivity index (χ0v) is 15.8. The van der Waals surface area contributed by atoms with E-state index in [1.54, 1.807) is 0 Å². The van der Waals surface area contributed by atoms with E-state index < -0.39 is 0 Å². The third-order valence-electron chi connectivity index (χ3n) is 3.09. The van der Waals surface area contributed by atoms with Crippen molar-refractivity contribution in [3.63, 3.8) is 0 Å². The molecule has 0 bridgehead atoms. The molecule has 0 spiro atoms. The van der Waals surface area contributed by atoms with Crippen LogP contribution in [-0.4, -0.2) is 37.0 Å². The Morgan fingerprint density at radius 1 is 1.17 bits per heavy atom. The lowest BCUT2D eigenvalue weighted by molar-refractivity contribution is -0.121. The van der Waals surface area contributed by atoms with Gasteiger partial charge in [0.25, 0.3) is 0 Å². The Morgan fingerprint density at radius 2 is 1.83 bits per heavy atom. The maximum absolute atomic E-state index is 11.8. The summed E-state index contributed by atoms with van der Waals surface area (Å²) >= 11 is 5.88. The number of carbonyl (C=O) groups is 1. The smallest absolute Gasteiger partial charge is 0.242 e. The van der Waals surface area contributed by atoms with Gasteiger partial charge in [-0.15, -0.1) is 0 Å². The van der Waals surface area contributed by atoms with Crippen molar-refractivity contribution in [2.24, 2.45) is 4.99 Å². The monoisotopic (exact) mass is 352 g/mol. The second-order valence-electron chi connectivity index (χ2n) is 6.65. The van der Waals surface area contributed by atoms with E-state index in [9.17, 15) is 4.79 Å². The third kappa shape index (κ3) is 9.40. The number of aliphatic imine (C=N–C) groups is 1. The standard InChI is InChI=1S/C18H29ClN4O/c1-5-20-17(22-13-16(24)23-18(2,3)4)21-12-6-7-14-8-10-15(19)11-9-14/h8-11H,5-7,12-13H2,1-4H3,(H,23,24)(H2,20,21,22). The zero-order chi connectivity index (χ0) is 18.0. The van der Waals surface area contributed by atoms with Crippen molar-refractivity contribution in [2.45, 2.75) is 46.1 Å². The Morgan fingerprint density at radius 3 is 2.42 bits per heavy atom. The van der Waals surface area contributed by atoms with Gasteiger partial charge in [-0.05, 0) is 58.2 Å². The van der Waals surface area contributed by atoms with Crippen LogP contribution in [0.1, 0.15) is 39.7 Å². The van der Waals surface area contributed by atoms with Crippen molar-refractivity contribution < 1.29 is 4.79 Å². The van der Waals surface area contributed by atoms with E-state index in [1.807, 2.05) is 52.0 Å². The molecule has 1 rings (SSSR count). The number of rotatable bonds is 7. The molecular formula is C18H29ClN4O. The molecule has 0 saturated carbocycles. The van der Waals surface area contributed by atoms with Gasteiger partial charge in [0.1, 0.15) is 6.54 Å². The van der Waals surface area contributed by atoms with Gasteiger partial charge in [0.2, 0.25) is 5.91 Å². The minimum absolute atomic E-state index is 0.0825. The van der Waals surface area contributed by atoms with Gasteiger partial charge < -0.3 is 16.0 Å². The number of halogens is 1. The molecule has 0 radical (unpaired) electrons. The summed E-state index contributed by atoms with van der Waals surface area (Å²) in [7, 11) is 0. The van der Waals surface area contributed by atoms with Crippen LogP contribution in [0.3, 0.4) is 0 Å². The molecular weight excluding hydrogens is 324 g/mol. The van der Waals surface area contributed by atoms with Crippen molar-refractivity contribution in [3.05, 3.63) is 34.9 Å². The predicted molar refractivity (Wildman–Crippen MR) is 102 cm³/mol. The molecule has 0 aliphatic rings. The number of nitrogens with one attached hydrogen (secondary N) is 3. The Hall–Kier alpha value is -1.75. The predicted octanol–water partition coefficient (Wildman–Crippen LogP) is 2.74. The van der Waals surface area contributed by atoms with E-state index in [0.29, 0.717) is 5.96 Å². The highest BCUT2D eigenvalue weighted by Crippen LogP contribution is 2.10. The number of amides is 1. The molecule has 0 saturated heterocycles. The second-order valence-corrected chi connectivity index (χ2v) is 7.09. The minimum Gasteiger partial charge on any atom is -0.357 e. The highest BCUT2D eigenvalue weighted by Gasteiger charge is 2.13. The second kappa shape index (κ2) is 10.2. The van der Waals surface area contributed by atoms with Gasteiger partial charge >= 0.3 is 0 Å². The molecule has 6 heteroatoms. The van der Waals surface area contributed by atoms with Crippen LogP contribution in [0.25, 0.3) is 0 Å². The number of nitrogens with zero attached hydrogens (tertiary/aromatic N) is 1. The molecule has 5 nitrogen and oxygen atoms in total. The first-order valence-electron chi connectivity index (χ1n) is 8.38. The number of hydrogen-bond acceptors (Lipinski definition) is 2. The molecule has 1 amide bonds. The van der Waals surface area contributed by atoms with Gasteiger partial charge in [0.05, 0.1) is 0 Å². The number of benzene rings is 1. The van der Waals surface area contributed by atoms with E-state index in [-0.39, 0.29) is 18.0 Å². The highest BCUT2D eigenvalue weighted by atomic mass is 35.5. The maximum atomic E-state index is 11.8. The Bertz CT molecular complexity index is 535. The van der Waals surface area contributed by atoms with Gasteiger partial charge in [-0.2, -0.15) is 0 Å². The van der Waals surface area contributed by atoms with Crippen molar-refractivity contribution >= 4 is 23.5 Å². The number of aryl methyl sites for hydroxylation is 1. The first kappa shape index (κ1) is 20.3. The summed E-state index contributed by atoms with van der Waals surface area (Å²) in [5.74, 6) is 0.582. The summed E-state index contributed by atoms with van der Waals surface area (Å²) in [4.78, 5) is 16.1. The van der Waals surface area contributed by atoms with Gasteiger partial charge in [0.15, 0.2) is 5.96 Å². The van der Waals surface area contributed by atoms with Gasteiger partial charge in [0, 0.05) is 23.7 Å². The highest BCUT2D eigenvalue weighted by molar-refractivity contribution is 6.30. The first-order valence-corrected chi connectivity index (χ1v) is 8.75. The van der Waals surface area contributed by atoms with E-state index in [0.717, 1.165) is 31.0 Å². The van der Waals surface area contributed by atoms with Gasteiger partial charge in [-0.1, -0.05) is 23.7 Å². The first-order chi connectivity index (χ1) is 11.3. The van der Waals surface area contributed by atoms with Gasteiger partial charge in [-0.25, -0.2) is 4.99 Å². The average molecular weight is 353 g/mol. The fourth-order valence-electron chi connectivity index (χ4n) is 2.10. The van der Waals surface area contributed by atoms with Crippen LogP contribution in [0.15, 0.2) is 29.3 Å². The fraction of sp³-hybridized carbons (Fsp3) is 0.556. The third-order valence-corrected chi connectivity index (χ3v) is 3.34. The number of guanidine groups is 1. The van der Waals surface area contributed by atoms with Crippen LogP contribution in [0.4, 0.5) is 0 Å². The normalized spacial score (nSPS) is 12.0. The number of hydrogen-bond donors (Lipinski definition) is 3. The van der Waals surface area contributed by atoms with Crippen molar-refractivity contribution in [1.29, 1.82) is 0 Å². The van der Waals surface area contributed by atoms with Crippen LogP contribution in [-0.2, 0) is 11.2 Å². The topological polar surface area (TPSA) is 65.5 Å². The van der Waals surface area contributed by atoms with E-state index >= 15 is 0 Å². The van der Waals surface area contributed by atoms with Crippen LogP contribution >= 0.6 is 11.6 Å².